The highest BCUT2D eigenvalue weighted by Crippen LogP contribution is 2.40. The number of nitrogens with one attached hydrogen (secondary N) is 1. The number of nitrogens with zero attached hydrogens (tertiary/aromatic N) is 2. The van der Waals surface area contributed by atoms with E-state index in [4.69, 9.17) is 27.7 Å². The maximum absolute atomic E-state index is 14.5. The summed E-state index contributed by atoms with van der Waals surface area (Å²) in [5.41, 5.74) is 2.84. The first kappa shape index (κ1) is 24.3. The number of para-hydroxylation sites is 1. The topological polar surface area (TPSA) is 123 Å². The summed E-state index contributed by atoms with van der Waals surface area (Å²) in [6.45, 7) is 0. The van der Waals surface area contributed by atoms with Gasteiger partial charge in [0.05, 0.1) is 27.4 Å². The minimum absolute atomic E-state index is 0.172. The Labute approximate surface area is 188 Å². The average Bonchev–Trinajstić information content (AvgIpc) is 3.18. The van der Waals surface area contributed by atoms with E-state index in [-0.39, 0.29) is 10.6 Å². The van der Waals surface area contributed by atoms with Crippen molar-refractivity contribution in [2.45, 2.75) is 12.4 Å². The van der Waals surface area contributed by atoms with Crippen molar-refractivity contribution >= 4 is 28.6 Å². The van der Waals surface area contributed by atoms with Gasteiger partial charge < -0.3 is 15.4 Å². The molecule has 1 atom stereocenters. The fourth-order valence-electron chi connectivity index (χ4n) is 2.93. The quantitative estimate of drug-likeness (QED) is 0.135. The standard InChI is InChI=1S/C20H15ClF5N5O2/c21-10-4-3-6-12(23)14(10)16-15(19(32)30-28)17(33-31-16)9(8-27)18(20(24,25)26)29-13-7-2-1-5-11(13)22/h1-8,19,30,32H,27-28H2/t19-/m1/s1. The Kier molecular flexibility index (Phi) is 7.12. The second-order valence-corrected chi connectivity index (χ2v) is 6.84. The van der Waals surface area contributed by atoms with Crippen LogP contribution in [-0.2, 0) is 0 Å². The van der Waals surface area contributed by atoms with Gasteiger partial charge in [0.15, 0.2) is 11.5 Å². The molecule has 0 unspecified atom stereocenters. The lowest BCUT2D eigenvalue weighted by atomic mass is 9.98. The molecule has 33 heavy (non-hydrogen) atoms. The molecule has 174 valence electrons. The molecule has 0 amide bonds. The molecule has 6 N–H and O–H groups in total. The normalized spacial score (nSPS) is 13.9. The monoisotopic (exact) mass is 487 g/mol. The lowest BCUT2D eigenvalue weighted by Crippen LogP contribution is -2.30. The molecule has 3 aromatic rings. The van der Waals surface area contributed by atoms with E-state index < -0.39 is 58.0 Å². The van der Waals surface area contributed by atoms with Crippen molar-refractivity contribution in [3.8, 4) is 11.3 Å². The molecular weight excluding hydrogens is 473 g/mol. The number of aliphatic imine (C=N–C) groups is 1. The van der Waals surface area contributed by atoms with Gasteiger partial charge >= 0.3 is 6.18 Å². The van der Waals surface area contributed by atoms with Crippen LogP contribution in [0.4, 0.5) is 27.6 Å². The van der Waals surface area contributed by atoms with Crippen LogP contribution in [0.5, 0.6) is 0 Å². The molecule has 0 aliphatic carbocycles. The maximum Gasteiger partial charge on any atom is 0.434 e. The Morgan fingerprint density at radius 3 is 2.39 bits per heavy atom. The van der Waals surface area contributed by atoms with Gasteiger partial charge in [-0.1, -0.05) is 35.0 Å². The molecule has 7 nitrogen and oxygen atoms in total. The average molecular weight is 488 g/mol. The van der Waals surface area contributed by atoms with Crippen molar-refractivity contribution in [1.82, 2.24) is 10.6 Å². The number of hydrazine groups is 1. The molecular formula is C20H15ClF5N5O2. The van der Waals surface area contributed by atoms with Crippen LogP contribution in [0, 0.1) is 11.6 Å². The van der Waals surface area contributed by atoms with Crippen molar-refractivity contribution in [2.75, 3.05) is 0 Å². The number of aliphatic hydroxyl groups excluding tert-OH is 1. The summed E-state index contributed by atoms with van der Waals surface area (Å²) in [4.78, 5) is 3.37. The van der Waals surface area contributed by atoms with Crippen LogP contribution in [0.15, 0.2) is 58.2 Å². The number of halogens is 6. The summed E-state index contributed by atoms with van der Waals surface area (Å²) >= 11 is 6.03. The van der Waals surface area contributed by atoms with Gasteiger partial charge in [-0.25, -0.2) is 19.2 Å². The smallest absolute Gasteiger partial charge is 0.404 e. The molecule has 13 heteroatoms. The zero-order valence-electron chi connectivity index (χ0n) is 16.4. The number of alkyl halides is 3. The van der Waals surface area contributed by atoms with Gasteiger partial charge in [0.1, 0.15) is 23.6 Å². The number of aliphatic hydroxyl groups is 1. The van der Waals surface area contributed by atoms with Crippen molar-refractivity contribution in [3.05, 3.63) is 76.6 Å². The highest BCUT2D eigenvalue weighted by atomic mass is 35.5. The largest absolute Gasteiger partial charge is 0.434 e. The van der Waals surface area contributed by atoms with E-state index in [2.05, 4.69) is 10.1 Å². The maximum atomic E-state index is 14.5. The zero-order valence-corrected chi connectivity index (χ0v) is 17.1. The van der Waals surface area contributed by atoms with Crippen LogP contribution in [0.3, 0.4) is 0 Å². The summed E-state index contributed by atoms with van der Waals surface area (Å²) < 4.78 is 75.3. The second-order valence-electron chi connectivity index (χ2n) is 6.43. The predicted octanol–water partition coefficient (Wildman–Crippen LogP) is 4.36. The Bertz CT molecular complexity index is 1210. The minimum atomic E-state index is -5.16. The number of allylic oxidation sites excluding steroid dienone is 1. The van der Waals surface area contributed by atoms with E-state index in [9.17, 15) is 27.1 Å². The Balaban J connectivity index is 2.29. The number of aromatic nitrogens is 1. The number of hydrogen-bond acceptors (Lipinski definition) is 7. The lowest BCUT2D eigenvalue weighted by molar-refractivity contribution is -0.0572. The van der Waals surface area contributed by atoms with Crippen LogP contribution in [0.2, 0.25) is 5.02 Å². The number of benzene rings is 2. The minimum Gasteiger partial charge on any atom is -0.404 e. The van der Waals surface area contributed by atoms with Crippen molar-refractivity contribution in [3.63, 3.8) is 0 Å². The first-order chi connectivity index (χ1) is 15.6. The first-order valence-corrected chi connectivity index (χ1v) is 9.39. The SMILES string of the molecule is NC=C(C(=Nc1ccccc1F)C(F)(F)F)c1onc(-c2c(F)cccc2Cl)c1[C@@H](O)NN. The Hall–Kier alpha value is -3.32. The van der Waals surface area contributed by atoms with Crippen molar-refractivity contribution in [2.24, 2.45) is 16.6 Å². The summed E-state index contributed by atoms with van der Waals surface area (Å²) in [6, 6.07) is 8.07. The first-order valence-electron chi connectivity index (χ1n) is 9.01. The van der Waals surface area contributed by atoms with Crippen molar-refractivity contribution in [1.29, 1.82) is 0 Å². The van der Waals surface area contributed by atoms with E-state index in [1.54, 1.807) is 0 Å². The van der Waals surface area contributed by atoms with E-state index >= 15 is 0 Å². The predicted molar refractivity (Wildman–Crippen MR) is 111 cm³/mol. The summed E-state index contributed by atoms with van der Waals surface area (Å²) in [7, 11) is 0. The lowest BCUT2D eigenvalue weighted by Gasteiger charge is -2.16. The van der Waals surface area contributed by atoms with E-state index in [1.807, 2.05) is 5.43 Å². The number of nitrogens with two attached hydrogens (primary N) is 2. The summed E-state index contributed by atoms with van der Waals surface area (Å²) in [5.74, 6) is 2.58. The van der Waals surface area contributed by atoms with Gasteiger partial charge in [-0.2, -0.15) is 13.2 Å². The summed E-state index contributed by atoms with van der Waals surface area (Å²) in [5, 5.41) is 13.8. The molecule has 3 rings (SSSR count). The highest BCUT2D eigenvalue weighted by molar-refractivity contribution is 6.33. The third kappa shape index (κ3) is 4.88. The van der Waals surface area contributed by atoms with Crippen LogP contribution in [-0.4, -0.2) is 22.2 Å². The Morgan fingerprint density at radius 2 is 1.82 bits per heavy atom. The third-order valence-corrected chi connectivity index (χ3v) is 4.69. The molecule has 0 radical (unpaired) electrons. The molecule has 1 heterocycles. The van der Waals surface area contributed by atoms with E-state index in [0.717, 1.165) is 18.2 Å². The molecule has 0 spiro atoms. The third-order valence-electron chi connectivity index (χ3n) is 4.38. The number of rotatable bonds is 6. The van der Waals surface area contributed by atoms with Gasteiger partial charge in [-0.3, -0.25) is 5.84 Å². The fraction of sp³-hybridized carbons (Fsp3) is 0.100. The molecule has 0 fully saturated rings. The molecule has 1 aromatic heterocycles. The van der Waals surface area contributed by atoms with Gasteiger partial charge in [-0.05, 0) is 24.3 Å². The molecule has 0 saturated carbocycles. The molecule has 0 saturated heterocycles. The molecule has 0 bridgehead atoms. The van der Waals surface area contributed by atoms with E-state index in [1.165, 1.54) is 24.3 Å². The molecule has 2 aromatic carbocycles. The highest BCUT2D eigenvalue weighted by Gasteiger charge is 2.42. The summed E-state index contributed by atoms with van der Waals surface area (Å²) in [6.07, 6.45) is -6.57. The van der Waals surface area contributed by atoms with Gasteiger partial charge in [0.2, 0.25) is 0 Å². The fourth-order valence-corrected chi connectivity index (χ4v) is 3.19. The van der Waals surface area contributed by atoms with Gasteiger partial charge in [0.25, 0.3) is 0 Å². The van der Waals surface area contributed by atoms with Crippen molar-refractivity contribution < 1.29 is 31.6 Å². The van der Waals surface area contributed by atoms with Crippen LogP contribution >= 0.6 is 11.6 Å². The van der Waals surface area contributed by atoms with E-state index in [0.29, 0.717) is 6.20 Å². The van der Waals surface area contributed by atoms with Gasteiger partial charge in [-0.15, -0.1) is 0 Å². The number of hydrogen-bond donors (Lipinski definition) is 4. The second kappa shape index (κ2) is 9.67. The zero-order chi connectivity index (χ0) is 24.3. The van der Waals surface area contributed by atoms with Crippen LogP contribution < -0.4 is 17.0 Å². The van der Waals surface area contributed by atoms with Crippen LogP contribution in [0.1, 0.15) is 17.6 Å². The Morgan fingerprint density at radius 1 is 1.15 bits per heavy atom. The molecule has 0 aliphatic rings. The van der Waals surface area contributed by atoms with Crippen LogP contribution in [0.25, 0.3) is 16.8 Å². The molecule has 0 aliphatic heterocycles. The van der Waals surface area contributed by atoms with Gasteiger partial charge in [0, 0.05) is 6.20 Å².